The van der Waals surface area contributed by atoms with Crippen molar-refractivity contribution < 1.29 is 0 Å². The van der Waals surface area contributed by atoms with Gasteiger partial charge >= 0.3 is 0 Å². The first-order valence-corrected chi connectivity index (χ1v) is 5.64. The minimum Gasteiger partial charge on any atom is -0.355 e. The van der Waals surface area contributed by atoms with Gasteiger partial charge in [0.05, 0.1) is 0 Å². The lowest BCUT2D eigenvalue weighted by Gasteiger charge is -2.09. The zero-order chi connectivity index (χ0) is 11.5. The Morgan fingerprint density at radius 3 is 2.41 bits per heavy atom. The second-order valence-corrected chi connectivity index (χ2v) is 3.94. The molecular formula is C16H12N. The molecule has 0 aliphatic heterocycles. The van der Waals surface area contributed by atoms with Crippen molar-refractivity contribution in [2.45, 2.75) is 0 Å². The Kier molecular flexibility index (Phi) is 2.51. The molecule has 3 rings (SSSR count). The molecule has 0 amide bonds. The number of anilines is 2. The topological polar surface area (TPSA) is 12.0 Å². The van der Waals surface area contributed by atoms with Gasteiger partial charge in [-0.2, -0.15) is 0 Å². The van der Waals surface area contributed by atoms with Crippen molar-refractivity contribution in [2.24, 2.45) is 0 Å². The highest BCUT2D eigenvalue weighted by molar-refractivity contribution is 5.95. The summed E-state index contributed by atoms with van der Waals surface area (Å²) in [4.78, 5) is 0. The summed E-state index contributed by atoms with van der Waals surface area (Å²) in [5.41, 5.74) is 2.22. The Labute approximate surface area is 101 Å². The maximum atomic E-state index is 3.43. The van der Waals surface area contributed by atoms with Crippen LogP contribution in [0.4, 0.5) is 11.4 Å². The Balaban J connectivity index is 2.06. The first-order valence-electron chi connectivity index (χ1n) is 5.64. The maximum Gasteiger partial charge on any atom is 0.0463 e. The van der Waals surface area contributed by atoms with E-state index in [9.17, 15) is 0 Å². The molecule has 0 fully saturated rings. The molecule has 0 aliphatic rings. The molecule has 0 bridgehead atoms. The van der Waals surface area contributed by atoms with Crippen LogP contribution in [0.15, 0.2) is 66.7 Å². The number of hydrogen-bond acceptors (Lipinski definition) is 1. The molecule has 0 unspecified atom stereocenters. The van der Waals surface area contributed by atoms with Crippen LogP contribution in [0, 0.1) is 6.07 Å². The van der Waals surface area contributed by atoms with Gasteiger partial charge in [0.25, 0.3) is 0 Å². The van der Waals surface area contributed by atoms with Crippen LogP contribution in [-0.4, -0.2) is 0 Å². The average Bonchev–Trinajstić information content (AvgIpc) is 2.40. The minimum absolute atomic E-state index is 1.08. The maximum absolute atomic E-state index is 3.43. The SMILES string of the molecule is [c]1ccc(Nc2cccc3ccccc23)cc1. The van der Waals surface area contributed by atoms with E-state index in [1.165, 1.54) is 10.8 Å². The second kappa shape index (κ2) is 4.30. The molecule has 0 saturated heterocycles. The fraction of sp³-hybridized carbons (Fsp3) is 0. The van der Waals surface area contributed by atoms with Crippen molar-refractivity contribution in [1.82, 2.24) is 0 Å². The summed E-state index contributed by atoms with van der Waals surface area (Å²) in [6, 6.07) is 25.5. The Bertz CT molecular complexity index is 624. The molecule has 1 heteroatoms. The molecule has 1 radical (unpaired) electrons. The molecule has 0 saturated carbocycles. The van der Waals surface area contributed by atoms with Crippen LogP contribution in [0.1, 0.15) is 0 Å². The molecule has 3 aromatic rings. The predicted molar refractivity (Wildman–Crippen MR) is 72.5 cm³/mol. The monoisotopic (exact) mass is 218 g/mol. The summed E-state index contributed by atoms with van der Waals surface area (Å²) in [5, 5.41) is 5.92. The first kappa shape index (κ1) is 9.91. The van der Waals surface area contributed by atoms with Crippen LogP contribution in [0.25, 0.3) is 10.8 Å². The summed E-state index contributed by atoms with van der Waals surface area (Å²) < 4.78 is 0. The lowest BCUT2D eigenvalue weighted by Crippen LogP contribution is -1.90. The third kappa shape index (κ3) is 2.00. The molecule has 0 atom stereocenters. The van der Waals surface area contributed by atoms with E-state index < -0.39 is 0 Å². The van der Waals surface area contributed by atoms with Gasteiger partial charge < -0.3 is 5.32 Å². The predicted octanol–water partition coefficient (Wildman–Crippen LogP) is 4.38. The minimum atomic E-state index is 1.08. The van der Waals surface area contributed by atoms with E-state index in [4.69, 9.17) is 0 Å². The fourth-order valence-corrected chi connectivity index (χ4v) is 1.96. The molecule has 0 spiro atoms. The zero-order valence-electron chi connectivity index (χ0n) is 9.35. The standard InChI is InChI=1S/C16H12N/c1-2-9-14(10-3-1)17-16-12-6-8-13-7-4-5-11-15(13)16/h2-12,17H. The third-order valence-corrected chi connectivity index (χ3v) is 2.79. The van der Waals surface area contributed by atoms with E-state index in [0.717, 1.165) is 11.4 Å². The number of hydrogen-bond donors (Lipinski definition) is 1. The molecule has 0 aromatic heterocycles. The van der Waals surface area contributed by atoms with E-state index >= 15 is 0 Å². The van der Waals surface area contributed by atoms with Gasteiger partial charge in [-0.15, -0.1) is 0 Å². The molecule has 1 nitrogen and oxygen atoms in total. The zero-order valence-corrected chi connectivity index (χ0v) is 9.35. The summed E-state index contributed by atoms with van der Waals surface area (Å²) in [6.07, 6.45) is 0. The van der Waals surface area contributed by atoms with E-state index in [1.54, 1.807) is 0 Å². The summed E-state index contributed by atoms with van der Waals surface area (Å²) >= 11 is 0. The number of nitrogens with one attached hydrogen (secondary N) is 1. The van der Waals surface area contributed by atoms with Gasteiger partial charge in [0.2, 0.25) is 0 Å². The van der Waals surface area contributed by atoms with Crippen molar-refractivity contribution in [1.29, 1.82) is 0 Å². The summed E-state index contributed by atoms with van der Waals surface area (Å²) in [5.74, 6) is 0. The highest BCUT2D eigenvalue weighted by atomic mass is 14.9. The highest BCUT2D eigenvalue weighted by Crippen LogP contribution is 2.25. The fourth-order valence-electron chi connectivity index (χ4n) is 1.96. The van der Waals surface area contributed by atoms with E-state index in [0.29, 0.717) is 0 Å². The van der Waals surface area contributed by atoms with Gasteiger partial charge in [-0.1, -0.05) is 48.5 Å². The number of benzene rings is 3. The Hall–Kier alpha value is -2.28. The summed E-state index contributed by atoms with van der Waals surface area (Å²) in [7, 11) is 0. The van der Waals surface area contributed by atoms with Gasteiger partial charge in [0, 0.05) is 16.8 Å². The van der Waals surface area contributed by atoms with E-state index in [2.05, 4.69) is 53.8 Å². The molecule has 1 N–H and O–H groups in total. The van der Waals surface area contributed by atoms with Gasteiger partial charge in [-0.25, -0.2) is 0 Å². The normalized spacial score (nSPS) is 10.4. The van der Waals surface area contributed by atoms with Crippen molar-refractivity contribution in [3.8, 4) is 0 Å². The van der Waals surface area contributed by atoms with Gasteiger partial charge in [-0.05, 0) is 29.7 Å². The number of fused-ring (bicyclic) bond motifs is 1. The Morgan fingerprint density at radius 2 is 1.53 bits per heavy atom. The van der Waals surface area contributed by atoms with Crippen LogP contribution in [0.3, 0.4) is 0 Å². The molecule has 3 aromatic carbocycles. The van der Waals surface area contributed by atoms with Crippen LogP contribution < -0.4 is 5.32 Å². The van der Waals surface area contributed by atoms with Crippen molar-refractivity contribution >= 4 is 22.1 Å². The molecule has 81 valence electrons. The third-order valence-electron chi connectivity index (χ3n) is 2.79. The van der Waals surface area contributed by atoms with Crippen LogP contribution >= 0.6 is 0 Å². The van der Waals surface area contributed by atoms with E-state index in [1.807, 2.05) is 24.3 Å². The molecule has 17 heavy (non-hydrogen) atoms. The lowest BCUT2D eigenvalue weighted by atomic mass is 10.1. The average molecular weight is 218 g/mol. The number of rotatable bonds is 2. The van der Waals surface area contributed by atoms with Crippen molar-refractivity contribution in [3.63, 3.8) is 0 Å². The van der Waals surface area contributed by atoms with Crippen molar-refractivity contribution in [2.75, 3.05) is 5.32 Å². The molecule has 0 aliphatic carbocycles. The van der Waals surface area contributed by atoms with Crippen LogP contribution in [0.5, 0.6) is 0 Å². The van der Waals surface area contributed by atoms with Crippen LogP contribution in [0.2, 0.25) is 0 Å². The second-order valence-electron chi connectivity index (χ2n) is 3.94. The van der Waals surface area contributed by atoms with E-state index in [-0.39, 0.29) is 0 Å². The molecule has 0 heterocycles. The lowest BCUT2D eigenvalue weighted by molar-refractivity contribution is 1.57. The molecular weight excluding hydrogens is 206 g/mol. The van der Waals surface area contributed by atoms with Gasteiger partial charge in [-0.3, -0.25) is 0 Å². The first-order chi connectivity index (χ1) is 8.43. The Morgan fingerprint density at radius 1 is 0.765 bits per heavy atom. The van der Waals surface area contributed by atoms with Crippen LogP contribution in [-0.2, 0) is 0 Å². The largest absolute Gasteiger partial charge is 0.355 e. The van der Waals surface area contributed by atoms with Crippen molar-refractivity contribution in [3.05, 3.63) is 72.8 Å². The highest BCUT2D eigenvalue weighted by Gasteiger charge is 1.99. The summed E-state index contributed by atoms with van der Waals surface area (Å²) in [6.45, 7) is 0. The van der Waals surface area contributed by atoms with Gasteiger partial charge in [0.1, 0.15) is 0 Å². The quantitative estimate of drug-likeness (QED) is 0.673. The smallest absolute Gasteiger partial charge is 0.0463 e. The van der Waals surface area contributed by atoms with Gasteiger partial charge in [0.15, 0.2) is 0 Å².